The van der Waals surface area contributed by atoms with Gasteiger partial charge in [0.2, 0.25) is 5.89 Å². The van der Waals surface area contributed by atoms with Crippen LogP contribution in [0.4, 0.5) is 0 Å². The maximum Gasteiger partial charge on any atom is 0.287 e. The van der Waals surface area contributed by atoms with Crippen LogP contribution in [0.25, 0.3) is 21.7 Å². The smallest absolute Gasteiger partial charge is 0.287 e. The summed E-state index contributed by atoms with van der Waals surface area (Å²) >= 11 is 1.55. The molecule has 1 aromatic carbocycles. The highest BCUT2D eigenvalue weighted by atomic mass is 32.1. The van der Waals surface area contributed by atoms with Gasteiger partial charge in [-0.2, -0.15) is 0 Å². The number of para-hydroxylation sites is 1. The number of furan rings is 1. The van der Waals surface area contributed by atoms with E-state index < -0.39 is 0 Å². The van der Waals surface area contributed by atoms with Crippen LogP contribution in [0.1, 0.15) is 21.8 Å². The Labute approximate surface area is 153 Å². The van der Waals surface area contributed by atoms with E-state index in [-0.39, 0.29) is 18.2 Å². The highest BCUT2D eigenvalue weighted by Crippen LogP contribution is 2.27. The third-order valence-corrected chi connectivity index (χ3v) is 4.76. The summed E-state index contributed by atoms with van der Waals surface area (Å²) in [6.45, 7) is 0.545. The molecular formula is C19H16N2O4S. The van der Waals surface area contributed by atoms with E-state index >= 15 is 0 Å². The zero-order valence-corrected chi connectivity index (χ0v) is 14.8. The highest BCUT2D eigenvalue weighted by molar-refractivity contribution is 7.13. The van der Waals surface area contributed by atoms with Crippen molar-refractivity contribution in [2.75, 3.05) is 7.11 Å². The Kier molecular flexibility index (Phi) is 4.55. The van der Waals surface area contributed by atoms with Crippen molar-refractivity contribution in [2.24, 2.45) is 0 Å². The van der Waals surface area contributed by atoms with E-state index in [2.05, 4.69) is 10.3 Å². The summed E-state index contributed by atoms with van der Waals surface area (Å²) in [6, 6.07) is 11.4. The van der Waals surface area contributed by atoms with Gasteiger partial charge in [-0.1, -0.05) is 24.3 Å². The second kappa shape index (κ2) is 7.15. The first-order valence-corrected chi connectivity index (χ1v) is 8.90. The third-order valence-electron chi connectivity index (χ3n) is 3.91. The van der Waals surface area contributed by atoms with E-state index in [1.165, 1.54) is 0 Å². The van der Waals surface area contributed by atoms with Gasteiger partial charge in [-0.3, -0.25) is 4.79 Å². The minimum absolute atomic E-state index is 0.247. The zero-order chi connectivity index (χ0) is 17.9. The number of oxazole rings is 1. The first kappa shape index (κ1) is 16.6. The van der Waals surface area contributed by atoms with Gasteiger partial charge in [-0.25, -0.2) is 4.98 Å². The molecule has 0 aliphatic heterocycles. The molecule has 0 fully saturated rings. The van der Waals surface area contributed by atoms with Crippen LogP contribution in [0.3, 0.4) is 0 Å². The number of rotatable bonds is 6. The Hall–Kier alpha value is -2.90. The third kappa shape index (κ3) is 3.14. The van der Waals surface area contributed by atoms with E-state index in [1.807, 2.05) is 41.8 Å². The van der Waals surface area contributed by atoms with Crippen molar-refractivity contribution in [1.82, 2.24) is 10.3 Å². The molecule has 0 unspecified atom stereocenters. The lowest BCUT2D eigenvalue weighted by atomic mass is 10.1. The van der Waals surface area contributed by atoms with Crippen molar-refractivity contribution in [3.05, 3.63) is 65.1 Å². The molecule has 0 aliphatic carbocycles. The van der Waals surface area contributed by atoms with E-state index in [0.29, 0.717) is 23.8 Å². The lowest BCUT2D eigenvalue weighted by Gasteiger charge is -2.03. The Morgan fingerprint density at radius 1 is 1.27 bits per heavy atom. The second-order valence-corrected chi connectivity index (χ2v) is 6.59. The number of fused-ring (bicyclic) bond motifs is 1. The van der Waals surface area contributed by atoms with Gasteiger partial charge in [0.15, 0.2) is 5.76 Å². The molecule has 6 nitrogen and oxygen atoms in total. The average molecular weight is 368 g/mol. The van der Waals surface area contributed by atoms with Gasteiger partial charge in [0, 0.05) is 18.1 Å². The number of benzene rings is 1. The molecule has 3 aromatic heterocycles. The molecule has 7 heteroatoms. The molecule has 0 aliphatic rings. The maximum absolute atomic E-state index is 12.6. The van der Waals surface area contributed by atoms with Crippen LogP contribution < -0.4 is 5.32 Å². The molecule has 0 atom stereocenters. The summed E-state index contributed by atoms with van der Waals surface area (Å²) in [5.41, 5.74) is 2.04. The molecule has 0 spiro atoms. The predicted octanol–water partition coefficient (Wildman–Crippen LogP) is 4.23. The molecule has 0 saturated carbocycles. The highest BCUT2D eigenvalue weighted by Gasteiger charge is 2.20. The van der Waals surface area contributed by atoms with Crippen LogP contribution in [-0.4, -0.2) is 18.0 Å². The fraction of sp³-hybridized carbons (Fsp3) is 0.158. The standard InChI is InChI=1S/C19H16N2O4S/c1-23-11-14-13-5-2-3-6-15(13)25-17(14)18(22)20-9-12-10-24-19(21-12)16-7-4-8-26-16/h2-8,10H,9,11H2,1H3,(H,20,22). The number of carbonyl (C=O) groups is 1. The molecule has 4 rings (SSSR count). The van der Waals surface area contributed by atoms with Gasteiger partial charge in [-0.15, -0.1) is 11.3 Å². The number of aromatic nitrogens is 1. The molecule has 0 bridgehead atoms. The minimum atomic E-state index is -0.311. The first-order chi connectivity index (χ1) is 12.8. The van der Waals surface area contributed by atoms with Crippen LogP contribution >= 0.6 is 11.3 Å². The monoisotopic (exact) mass is 368 g/mol. The van der Waals surface area contributed by atoms with Crippen LogP contribution in [-0.2, 0) is 17.9 Å². The number of hydrogen-bond donors (Lipinski definition) is 1. The topological polar surface area (TPSA) is 77.5 Å². The molecule has 132 valence electrons. The SMILES string of the molecule is COCc1c(C(=O)NCc2coc(-c3cccs3)n2)oc2ccccc12. The summed E-state index contributed by atoms with van der Waals surface area (Å²) in [4.78, 5) is 17.9. The Morgan fingerprint density at radius 3 is 2.96 bits per heavy atom. The van der Waals surface area contributed by atoms with Gasteiger partial charge < -0.3 is 18.9 Å². The average Bonchev–Trinajstić information content (AvgIpc) is 3.39. The van der Waals surface area contributed by atoms with Crippen molar-refractivity contribution in [2.45, 2.75) is 13.2 Å². The largest absolute Gasteiger partial charge is 0.451 e. The number of nitrogens with one attached hydrogen (secondary N) is 1. The molecular weight excluding hydrogens is 352 g/mol. The molecule has 3 heterocycles. The number of ether oxygens (including phenoxy) is 1. The van der Waals surface area contributed by atoms with Crippen molar-refractivity contribution in [3.8, 4) is 10.8 Å². The molecule has 0 saturated heterocycles. The van der Waals surface area contributed by atoms with Crippen molar-refractivity contribution in [1.29, 1.82) is 0 Å². The number of nitrogens with zero attached hydrogens (tertiary/aromatic N) is 1. The summed E-state index contributed by atoms with van der Waals surface area (Å²) in [6.07, 6.45) is 1.55. The van der Waals surface area contributed by atoms with Gasteiger partial charge in [0.05, 0.1) is 23.7 Å². The number of amides is 1. The molecule has 26 heavy (non-hydrogen) atoms. The molecule has 4 aromatic rings. The Balaban J connectivity index is 1.52. The lowest BCUT2D eigenvalue weighted by molar-refractivity contribution is 0.0918. The molecule has 1 N–H and O–H groups in total. The van der Waals surface area contributed by atoms with E-state index in [9.17, 15) is 4.79 Å². The van der Waals surface area contributed by atoms with Gasteiger partial charge >= 0.3 is 0 Å². The van der Waals surface area contributed by atoms with Gasteiger partial charge in [0.1, 0.15) is 11.8 Å². The summed E-state index contributed by atoms with van der Waals surface area (Å²) in [5, 5.41) is 5.66. The van der Waals surface area contributed by atoms with Gasteiger partial charge in [0.25, 0.3) is 5.91 Å². The number of thiophene rings is 1. The summed E-state index contributed by atoms with van der Waals surface area (Å²) in [7, 11) is 1.59. The summed E-state index contributed by atoms with van der Waals surface area (Å²) < 4.78 is 16.4. The number of hydrogen-bond acceptors (Lipinski definition) is 6. The zero-order valence-electron chi connectivity index (χ0n) is 14.0. The van der Waals surface area contributed by atoms with Crippen molar-refractivity contribution < 1.29 is 18.4 Å². The molecule has 0 radical (unpaired) electrons. The number of carbonyl (C=O) groups excluding carboxylic acids is 1. The van der Waals surface area contributed by atoms with Crippen LogP contribution in [0, 0.1) is 0 Å². The van der Waals surface area contributed by atoms with E-state index in [4.69, 9.17) is 13.6 Å². The van der Waals surface area contributed by atoms with Crippen LogP contribution in [0.2, 0.25) is 0 Å². The van der Waals surface area contributed by atoms with Crippen molar-refractivity contribution >= 4 is 28.2 Å². The maximum atomic E-state index is 12.6. The Bertz CT molecular complexity index is 1030. The van der Waals surface area contributed by atoms with Crippen LogP contribution in [0.15, 0.2) is 56.9 Å². The van der Waals surface area contributed by atoms with E-state index in [1.54, 1.807) is 24.7 Å². The fourth-order valence-corrected chi connectivity index (χ4v) is 3.38. The van der Waals surface area contributed by atoms with Crippen LogP contribution in [0.5, 0.6) is 0 Å². The van der Waals surface area contributed by atoms with Crippen molar-refractivity contribution in [3.63, 3.8) is 0 Å². The van der Waals surface area contributed by atoms with E-state index in [0.717, 1.165) is 15.8 Å². The fourth-order valence-electron chi connectivity index (χ4n) is 2.72. The molecule has 1 amide bonds. The first-order valence-electron chi connectivity index (χ1n) is 8.02. The van der Waals surface area contributed by atoms with Gasteiger partial charge in [-0.05, 0) is 17.5 Å². The quantitative estimate of drug-likeness (QED) is 0.551. The summed E-state index contributed by atoms with van der Waals surface area (Å²) in [5.74, 6) is 0.497. The predicted molar refractivity (Wildman–Crippen MR) is 97.9 cm³/mol. The minimum Gasteiger partial charge on any atom is -0.451 e. The normalized spacial score (nSPS) is 11.1. The number of methoxy groups -OCH3 is 1. The Morgan fingerprint density at radius 2 is 2.15 bits per heavy atom. The lowest BCUT2D eigenvalue weighted by Crippen LogP contribution is -2.23. The second-order valence-electron chi connectivity index (χ2n) is 5.64.